The van der Waals surface area contributed by atoms with Gasteiger partial charge in [0.1, 0.15) is 23.3 Å². The second-order valence-electron chi connectivity index (χ2n) is 7.59. The van der Waals surface area contributed by atoms with E-state index in [4.69, 9.17) is 9.15 Å². The number of aromatic nitrogens is 1. The lowest BCUT2D eigenvalue weighted by atomic mass is 9.98. The van der Waals surface area contributed by atoms with E-state index in [2.05, 4.69) is 4.98 Å². The van der Waals surface area contributed by atoms with Gasteiger partial charge in [0, 0.05) is 11.8 Å². The molecule has 1 atom stereocenters. The zero-order chi connectivity index (χ0) is 22.7. The molecule has 7 heteroatoms. The molecule has 1 amide bonds. The normalized spacial score (nSPS) is 17.7. The van der Waals surface area contributed by atoms with E-state index in [0.717, 1.165) is 12.0 Å². The molecule has 1 unspecified atom stereocenters. The van der Waals surface area contributed by atoms with Crippen LogP contribution in [-0.4, -0.2) is 33.3 Å². The fourth-order valence-electron chi connectivity index (χ4n) is 3.78. The van der Waals surface area contributed by atoms with Gasteiger partial charge in [-0.3, -0.25) is 14.6 Å². The predicted molar refractivity (Wildman–Crippen MR) is 118 cm³/mol. The number of nitrogens with zero attached hydrogens (tertiary/aromatic N) is 2. The average molecular weight is 432 g/mol. The number of Topliss-reactive ketones (excluding diaryl/α,β-unsaturated/α-hetero) is 1. The van der Waals surface area contributed by atoms with Crippen LogP contribution in [0.15, 0.2) is 71.0 Å². The molecule has 1 saturated heterocycles. The number of aryl methyl sites for hydroxylation is 1. The number of furan rings is 1. The van der Waals surface area contributed by atoms with Crippen molar-refractivity contribution in [3.05, 3.63) is 89.1 Å². The molecule has 1 aliphatic rings. The Kier molecular flexibility index (Phi) is 6.07. The van der Waals surface area contributed by atoms with Crippen LogP contribution in [0.1, 0.15) is 42.0 Å². The molecule has 1 aliphatic heterocycles. The number of rotatable bonds is 7. The molecule has 4 rings (SSSR count). The van der Waals surface area contributed by atoms with Gasteiger partial charge in [0.2, 0.25) is 0 Å². The smallest absolute Gasteiger partial charge is 0.296 e. The first-order valence-electron chi connectivity index (χ1n) is 10.5. The lowest BCUT2D eigenvalue weighted by Gasteiger charge is -2.23. The molecule has 0 radical (unpaired) electrons. The summed E-state index contributed by atoms with van der Waals surface area (Å²) in [6, 6.07) is 13.0. The highest BCUT2D eigenvalue weighted by atomic mass is 16.5. The molecular weight excluding hydrogens is 408 g/mol. The number of amides is 1. The van der Waals surface area contributed by atoms with E-state index >= 15 is 0 Å². The summed E-state index contributed by atoms with van der Waals surface area (Å²) in [5, 5.41) is 11.1. The van der Waals surface area contributed by atoms with Crippen molar-refractivity contribution < 1.29 is 23.8 Å². The fourth-order valence-corrected chi connectivity index (χ4v) is 3.78. The maximum absolute atomic E-state index is 13.0. The van der Waals surface area contributed by atoms with Crippen molar-refractivity contribution in [2.45, 2.75) is 32.9 Å². The highest BCUT2D eigenvalue weighted by Gasteiger charge is 2.47. The number of carbonyl (C=O) groups is 2. The third-order valence-electron chi connectivity index (χ3n) is 5.32. The number of benzene rings is 1. The van der Waals surface area contributed by atoms with Gasteiger partial charge < -0.3 is 19.2 Å². The zero-order valence-corrected chi connectivity index (χ0v) is 17.9. The molecule has 1 N–H and O–H groups in total. The van der Waals surface area contributed by atoms with Crippen LogP contribution in [-0.2, 0) is 16.1 Å². The Bertz CT molecular complexity index is 1150. The van der Waals surface area contributed by atoms with Crippen molar-refractivity contribution in [3.8, 4) is 5.75 Å². The largest absolute Gasteiger partial charge is 0.507 e. The van der Waals surface area contributed by atoms with Crippen LogP contribution >= 0.6 is 0 Å². The van der Waals surface area contributed by atoms with Gasteiger partial charge in [-0.1, -0.05) is 13.0 Å². The van der Waals surface area contributed by atoms with E-state index < -0.39 is 17.7 Å². The molecule has 2 aromatic heterocycles. The predicted octanol–water partition coefficient (Wildman–Crippen LogP) is 4.39. The molecule has 164 valence electrons. The number of hydrogen-bond donors (Lipinski definition) is 1. The highest BCUT2D eigenvalue weighted by Crippen LogP contribution is 2.40. The van der Waals surface area contributed by atoms with Gasteiger partial charge >= 0.3 is 0 Å². The number of aliphatic hydroxyl groups is 1. The molecule has 0 bridgehead atoms. The van der Waals surface area contributed by atoms with Crippen molar-refractivity contribution in [1.29, 1.82) is 0 Å². The minimum atomic E-state index is -0.858. The molecule has 3 aromatic rings. The van der Waals surface area contributed by atoms with Crippen LogP contribution in [0.2, 0.25) is 0 Å². The molecular formula is C25H24N2O5. The van der Waals surface area contributed by atoms with Crippen molar-refractivity contribution in [2.75, 3.05) is 6.61 Å². The fraction of sp³-hybridized carbons (Fsp3) is 0.240. The number of likely N-dealkylation sites (tertiary alicyclic amines) is 1. The number of aliphatic hydroxyl groups excluding tert-OH is 1. The van der Waals surface area contributed by atoms with Crippen LogP contribution in [0, 0.1) is 6.92 Å². The summed E-state index contributed by atoms with van der Waals surface area (Å²) in [7, 11) is 0. The molecule has 1 fully saturated rings. The van der Waals surface area contributed by atoms with Crippen LogP contribution < -0.4 is 4.74 Å². The number of ether oxygens (including phenoxy) is 1. The number of pyridine rings is 1. The Morgan fingerprint density at radius 3 is 2.69 bits per heavy atom. The van der Waals surface area contributed by atoms with E-state index in [-0.39, 0.29) is 17.9 Å². The van der Waals surface area contributed by atoms with E-state index in [1.165, 1.54) is 11.2 Å². The lowest BCUT2D eigenvalue weighted by Crippen LogP contribution is -2.29. The summed E-state index contributed by atoms with van der Waals surface area (Å²) in [5.74, 6) is -0.622. The SMILES string of the molecule is CCCOc1ccc(/C(O)=C2/C(=O)C(=O)N(Cc3ccccn3)C2c2ccco2)cc1C. The maximum Gasteiger partial charge on any atom is 0.296 e. The summed E-state index contributed by atoms with van der Waals surface area (Å²) in [5.41, 5.74) is 1.86. The number of carbonyl (C=O) groups excluding carboxylic acids is 2. The van der Waals surface area contributed by atoms with E-state index in [9.17, 15) is 14.7 Å². The van der Waals surface area contributed by atoms with Gasteiger partial charge in [-0.25, -0.2) is 0 Å². The second kappa shape index (κ2) is 9.09. The quantitative estimate of drug-likeness (QED) is 0.338. The first-order chi connectivity index (χ1) is 15.5. The van der Waals surface area contributed by atoms with Crippen molar-refractivity contribution >= 4 is 17.4 Å². The molecule has 32 heavy (non-hydrogen) atoms. The Balaban J connectivity index is 1.77. The maximum atomic E-state index is 13.0. The Labute approximate surface area is 186 Å². The van der Waals surface area contributed by atoms with Crippen molar-refractivity contribution in [3.63, 3.8) is 0 Å². The topological polar surface area (TPSA) is 92.9 Å². The summed E-state index contributed by atoms with van der Waals surface area (Å²) in [6.07, 6.45) is 3.98. The van der Waals surface area contributed by atoms with Gasteiger partial charge in [0.05, 0.1) is 30.7 Å². The number of ketones is 1. The standard InChI is InChI=1S/C25H24N2O5/c1-3-12-31-19-10-9-17(14-16(19)2)23(28)21-22(20-8-6-13-32-20)27(25(30)24(21)29)15-18-7-4-5-11-26-18/h4-11,13-14,22,28H,3,12,15H2,1-2H3/b23-21-. The third kappa shape index (κ3) is 4.01. The van der Waals surface area contributed by atoms with E-state index in [0.29, 0.717) is 29.4 Å². The summed E-state index contributed by atoms with van der Waals surface area (Å²) >= 11 is 0. The molecule has 3 heterocycles. The molecule has 0 spiro atoms. The molecule has 1 aromatic carbocycles. The minimum absolute atomic E-state index is 0.0116. The van der Waals surface area contributed by atoms with Crippen LogP contribution in [0.4, 0.5) is 0 Å². The third-order valence-corrected chi connectivity index (χ3v) is 5.32. The van der Waals surface area contributed by atoms with Gasteiger partial charge in [-0.2, -0.15) is 0 Å². The zero-order valence-electron chi connectivity index (χ0n) is 17.9. The van der Waals surface area contributed by atoms with Crippen LogP contribution in [0.5, 0.6) is 5.75 Å². The Morgan fingerprint density at radius 1 is 1.19 bits per heavy atom. The Hall–Kier alpha value is -3.87. The average Bonchev–Trinajstić information content (AvgIpc) is 3.41. The van der Waals surface area contributed by atoms with Crippen molar-refractivity contribution in [1.82, 2.24) is 9.88 Å². The first-order valence-corrected chi connectivity index (χ1v) is 10.5. The number of hydrogen-bond acceptors (Lipinski definition) is 6. The van der Waals surface area contributed by atoms with Crippen molar-refractivity contribution in [2.24, 2.45) is 0 Å². The molecule has 0 saturated carbocycles. The lowest BCUT2D eigenvalue weighted by molar-refractivity contribution is -0.140. The van der Waals surface area contributed by atoms with Crippen LogP contribution in [0.25, 0.3) is 5.76 Å². The van der Waals surface area contributed by atoms with Gasteiger partial charge in [-0.05, 0) is 61.4 Å². The minimum Gasteiger partial charge on any atom is -0.507 e. The Morgan fingerprint density at radius 2 is 2.03 bits per heavy atom. The monoisotopic (exact) mass is 432 g/mol. The van der Waals surface area contributed by atoms with Gasteiger partial charge in [0.25, 0.3) is 11.7 Å². The highest BCUT2D eigenvalue weighted by molar-refractivity contribution is 6.46. The molecule has 7 nitrogen and oxygen atoms in total. The van der Waals surface area contributed by atoms with E-state index in [1.54, 1.807) is 48.7 Å². The summed E-state index contributed by atoms with van der Waals surface area (Å²) in [4.78, 5) is 31.6. The first kappa shape index (κ1) is 21.4. The van der Waals surface area contributed by atoms with Gasteiger partial charge in [0.15, 0.2) is 0 Å². The van der Waals surface area contributed by atoms with E-state index in [1.807, 2.05) is 19.9 Å². The summed E-state index contributed by atoms with van der Waals surface area (Å²) in [6.45, 7) is 4.58. The second-order valence-corrected chi connectivity index (χ2v) is 7.59. The van der Waals surface area contributed by atoms with Gasteiger partial charge in [-0.15, -0.1) is 0 Å². The molecule has 0 aliphatic carbocycles. The summed E-state index contributed by atoms with van der Waals surface area (Å²) < 4.78 is 11.3. The van der Waals surface area contributed by atoms with Crippen LogP contribution in [0.3, 0.4) is 0 Å².